The van der Waals surface area contributed by atoms with Crippen LogP contribution in [0.25, 0.3) is 10.9 Å². The molecule has 0 aliphatic carbocycles. The van der Waals surface area contributed by atoms with Crippen LogP contribution in [0.2, 0.25) is 5.02 Å². The third-order valence-corrected chi connectivity index (χ3v) is 7.10. The van der Waals surface area contributed by atoms with E-state index < -0.39 is 0 Å². The fourth-order valence-corrected chi connectivity index (χ4v) is 5.33. The van der Waals surface area contributed by atoms with Crippen LogP contribution in [0.1, 0.15) is 35.9 Å². The number of carbonyl (C=O) groups is 1. The molecule has 2 aliphatic rings. The van der Waals surface area contributed by atoms with Crippen LogP contribution in [0.3, 0.4) is 0 Å². The molecule has 0 bridgehead atoms. The molecule has 1 N–H and O–H groups in total. The molecule has 2 aromatic heterocycles. The average Bonchev–Trinajstić information content (AvgIpc) is 3.26. The van der Waals surface area contributed by atoms with Crippen molar-refractivity contribution in [2.75, 3.05) is 24.5 Å². The Kier molecular flexibility index (Phi) is 5.26. The van der Waals surface area contributed by atoms with Gasteiger partial charge in [0, 0.05) is 60.2 Å². The van der Waals surface area contributed by atoms with Gasteiger partial charge >= 0.3 is 0 Å². The van der Waals surface area contributed by atoms with Crippen molar-refractivity contribution in [2.45, 2.75) is 33.2 Å². The molecule has 5 rings (SSSR count). The Morgan fingerprint density at radius 2 is 2.19 bits per heavy atom. The second kappa shape index (κ2) is 8.10. The van der Waals surface area contributed by atoms with Gasteiger partial charge in [-0.15, -0.1) is 0 Å². The fourth-order valence-electron chi connectivity index (χ4n) is 5.16. The van der Waals surface area contributed by atoms with E-state index in [0.29, 0.717) is 35.9 Å². The monoisotopic (exact) mass is 448 g/mol. The third kappa shape index (κ3) is 3.49. The molecular weight excluding hydrogens is 424 g/mol. The summed E-state index contributed by atoms with van der Waals surface area (Å²) in [4.78, 5) is 22.2. The van der Waals surface area contributed by atoms with Crippen LogP contribution >= 0.6 is 11.6 Å². The van der Waals surface area contributed by atoms with Gasteiger partial charge in [0.05, 0.1) is 28.7 Å². The van der Waals surface area contributed by atoms with Crippen molar-refractivity contribution in [1.82, 2.24) is 20.1 Å². The Labute approximate surface area is 192 Å². The van der Waals surface area contributed by atoms with Crippen LogP contribution < -0.4 is 4.90 Å². The largest absolute Gasteiger partial charge is 0.370 e. The minimum absolute atomic E-state index is 0.0250. The number of halogens is 1. The number of nitrogens with zero attached hydrogens (tertiary/aromatic N) is 5. The van der Waals surface area contributed by atoms with E-state index in [2.05, 4.69) is 33.1 Å². The van der Waals surface area contributed by atoms with Crippen molar-refractivity contribution in [2.24, 2.45) is 11.8 Å². The van der Waals surface area contributed by atoms with Gasteiger partial charge < -0.3 is 9.80 Å². The van der Waals surface area contributed by atoms with Crippen LogP contribution in [-0.2, 0) is 17.8 Å². The van der Waals surface area contributed by atoms with Gasteiger partial charge in [-0.3, -0.25) is 14.9 Å². The fraction of sp³-hybridized carbons (Fsp3) is 0.417. The van der Waals surface area contributed by atoms with Crippen LogP contribution in [0.5, 0.6) is 0 Å². The highest BCUT2D eigenvalue weighted by Gasteiger charge is 2.36. The van der Waals surface area contributed by atoms with E-state index in [0.717, 1.165) is 47.2 Å². The van der Waals surface area contributed by atoms with Crippen molar-refractivity contribution in [3.63, 3.8) is 0 Å². The third-order valence-electron chi connectivity index (χ3n) is 6.86. The van der Waals surface area contributed by atoms with Gasteiger partial charge in [0.25, 0.3) is 0 Å². The minimum Gasteiger partial charge on any atom is -0.370 e. The summed E-state index contributed by atoms with van der Waals surface area (Å²) in [7, 11) is 0. The number of fused-ring (bicyclic) bond motifs is 2. The summed E-state index contributed by atoms with van der Waals surface area (Å²) in [6, 6.07) is 7.96. The molecular formula is C24H25ClN6O. The Balaban J connectivity index is 1.40. The van der Waals surface area contributed by atoms with Gasteiger partial charge in [0.2, 0.25) is 5.91 Å². The Hall–Kier alpha value is -3.11. The molecule has 3 aromatic rings. The summed E-state index contributed by atoms with van der Waals surface area (Å²) < 4.78 is 0. The van der Waals surface area contributed by atoms with Crippen LogP contribution in [0.15, 0.2) is 24.4 Å². The summed E-state index contributed by atoms with van der Waals surface area (Å²) in [6.07, 6.45) is 3.40. The van der Waals surface area contributed by atoms with Gasteiger partial charge in [-0.2, -0.15) is 10.4 Å². The lowest BCUT2D eigenvalue weighted by atomic mass is 9.84. The van der Waals surface area contributed by atoms with Crippen molar-refractivity contribution >= 4 is 34.1 Å². The number of amides is 1. The molecule has 4 heterocycles. The lowest BCUT2D eigenvalue weighted by molar-refractivity contribution is -0.138. The van der Waals surface area contributed by atoms with E-state index in [1.807, 2.05) is 36.2 Å². The predicted molar refractivity (Wildman–Crippen MR) is 123 cm³/mol. The topological polar surface area (TPSA) is 88.9 Å². The smallest absolute Gasteiger partial charge is 0.226 e. The second-order valence-electron chi connectivity index (χ2n) is 8.90. The molecule has 1 aromatic carbocycles. The summed E-state index contributed by atoms with van der Waals surface area (Å²) in [5.41, 5.74) is 5.27. The molecule has 0 saturated carbocycles. The van der Waals surface area contributed by atoms with E-state index in [4.69, 9.17) is 11.6 Å². The van der Waals surface area contributed by atoms with Crippen LogP contribution in [-0.4, -0.2) is 45.6 Å². The molecule has 0 radical (unpaired) electrons. The molecule has 32 heavy (non-hydrogen) atoms. The number of H-pyrrole nitrogens is 1. The van der Waals surface area contributed by atoms with E-state index in [-0.39, 0.29) is 17.7 Å². The maximum atomic E-state index is 13.4. The highest BCUT2D eigenvalue weighted by molar-refractivity contribution is 6.31. The Morgan fingerprint density at radius 3 is 2.97 bits per heavy atom. The maximum Gasteiger partial charge on any atom is 0.226 e. The van der Waals surface area contributed by atoms with E-state index in [1.165, 1.54) is 0 Å². The number of nitriles is 1. The first-order valence-electron chi connectivity index (χ1n) is 11.0. The number of aryl methyl sites for hydroxylation is 1. The maximum absolute atomic E-state index is 13.4. The lowest BCUT2D eigenvalue weighted by Gasteiger charge is -2.40. The highest BCUT2D eigenvalue weighted by Crippen LogP contribution is 2.37. The number of hydrogen-bond acceptors (Lipinski definition) is 5. The number of carbonyl (C=O) groups excluding carboxylic acids is 1. The number of anilines is 1. The van der Waals surface area contributed by atoms with Crippen molar-refractivity contribution < 1.29 is 4.79 Å². The Morgan fingerprint density at radius 1 is 1.34 bits per heavy atom. The zero-order chi connectivity index (χ0) is 22.4. The van der Waals surface area contributed by atoms with Gasteiger partial charge in [0.15, 0.2) is 0 Å². The molecule has 2 unspecified atom stereocenters. The summed E-state index contributed by atoms with van der Waals surface area (Å²) in [5, 5.41) is 18.5. The second-order valence-corrected chi connectivity index (χ2v) is 9.33. The quantitative estimate of drug-likeness (QED) is 0.643. The first-order chi connectivity index (χ1) is 15.5. The normalized spacial score (nSPS) is 20.8. The molecule has 164 valence electrons. The van der Waals surface area contributed by atoms with E-state index in [1.54, 1.807) is 0 Å². The van der Waals surface area contributed by atoms with Crippen molar-refractivity contribution in [3.05, 3.63) is 51.9 Å². The van der Waals surface area contributed by atoms with Crippen molar-refractivity contribution in [1.29, 1.82) is 5.26 Å². The van der Waals surface area contributed by atoms with Gasteiger partial charge in [0.1, 0.15) is 6.07 Å². The van der Waals surface area contributed by atoms with Crippen LogP contribution in [0.4, 0.5) is 5.69 Å². The zero-order valence-corrected chi connectivity index (χ0v) is 19.0. The molecule has 2 atom stereocenters. The molecule has 2 aliphatic heterocycles. The number of aromatic amines is 1. The minimum atomic E-state index is -0.0250. The molecule has 8 heteroatoms. The molecule has 7 nitrogen and oxygen atoms in total. The number of nitrogens with one attached hydrogen (secondary N) is 1. The molecule has 1 fully saturated rings. The van der Waals surface area contributed by atoms with Gasteiger partial charge in [-0.05, 0) is 37.5 Å². The average molecular weight is 449 g/mol. The standard InChI is InChI=1S/C24H25ClN6O/c1-14-12-30(23-19-9-17(25)3-4-22(19)28-15(2)20(23)10-26)7-5-18(14)24(32)31-8-6-21-16(13-31)11-27-29-21/h3-4,9,11,14,18H,5-8,12-13H2,1-2H3,(H,27,29). The van der Waals surface area contributed by atoms with E-state index in [9.17, 15) is 10.1 Å². The number of piperidine rings is 1. The first-order valence-corrected chi connectivity index (χ1v) is 11.4. The summed E-state index contributed by atoms with van der Waals surface area (Å²) >= 11 is 6.29. The lowest BCUT2D eigenvalue weighted by Crippen LogP contribution is -2.48. The first kappa shape index (κ1) is 20.8. The van der Waals surface area contributed by atoms with Crippen LogP contribution in [0, 0.1) is 30.1 Å². The van der Waals surface area contributed by atoms with Gasteiger partial charge in [-0.1, -0.05) is 18.5 Å². The summed E-state index contributed by atoms with van der Waals surface area (Å²) in [6.45, 7) is 6.79. The van der Waals surface area contributed by atoms with Crippen molar-refractivity contribution in [3.8, 4) is 6.07 Å². The molecule has 1 amide bonds. The number of rotatable bonds is 2. The van der Waals surface area contributed by atoms with E-state index >= 15 is 0 Å². The highest BCUT2D eigenvalue weighted by atomic mass is 35.5. The van der Waals surface area contributed by atoms with Gasteiger partial charge in [-0.25, -0.2) is 0 Å². The Bertz CT molecular complexity index is 1250. The number of benzene rings is 1. The predicted octanol–water partition coefficient (Wildman–Crippen LogP) is 3.84. The summed E-state index contributed by atoms with van der Waals surface area (Å²) in [5.74, 6) is 0.364. The number of aromatic nitrogens is 3. The number of hydrogen-bond donors (Lipinski definition) is 1. The number of pyridine rings is 1. The molecule has 1 saturated heterocycles. The zero-order valence-electron chi connectivity index (χ0n) is 18.2. The molecule has 0 spiro atoms. The SMILES string of the molecule is Cc1nc2ccc(Cl)cc2c(N2CCC(C(=O)N3CCc4[nH]ncc4C3)C(C)C2)c1C#N.